The lowest BCUT2D eigenvalue weighted by Gasteiger charge is -2.23. The standard InChI is InChI=1S/C18H21N5O/c1-12-17(13-4-7-20-15(9-13)11-24)18-21-8-5-16(23(18)22-12)14-3-2-6-19-10-14/h4-5,7-9,14,19,24H,2-3,6,10-11H2,1H3. The zero-order valence-electron chi connectivity index (χ0n) is 13.7. The lowest BCUT2D eigenvalue weighted by Crippen LogP contribution is -2.29. The van der Waals surface area contributed by atoms with E-state index in [-0.39, 0.29) is 6.61 Å². The van der Waals surface area contributed by atoms with Crippen LogP contribution in [0.1, 0.15) is 35.8 Å². The molecule has 1 unspecified atom stereocenters. The average Bonchev–Trinajstić information content (AvgIpc) is 2.98. The molecule has 4 rings (SSSR count). The first-order valence-electron chi connectivity index (χ1n) is 8.39. The van der Waals surface area contributed by atoms with Crippen LogP contribution in [0.2, 0.25) is 0 Å². The van der Waals surface area contributed by atoms with E-state index in [0.717, 1.165) is 35.6 Å². The summed E-state index contributed by atoms with van der Waals surface area (Å²) in [4.78, 5) is 8.75. The van der Waals surface area contributed by atoms with Crippen LogP contribution in [0.15, 0.2) is 30.6 Å². The van der Waals surface area contributed by atoms with E-state index >= 15 is 0 Å². The number of hydrogen-bond acceptors (Lipinski definition) is 5. The predicted octanol–water partition coefficient (Wildman–Crippen LogP) is 2.06. The zero-order chi connectivity index (χ0) is 16.5. The van der Waals surface area contributed by atoms with Crippen molar-refractivity contribution in [3.63, 3.8) is 0 Å². The van der Waals surface area contributed by atoms with Gasteiger partial charge in [-0.25, -0.2) is 9.50 Å². The third-order valence-corrected chi connectivity index (χ3v) is 4.71. The summed E-state index contributed by atoms with van der Waals surface area (Å²) in [5, 5.41) is 17.6. The Bertz CT molecular complexity index is 867. The van der Waals surface area contributed by atoms with E-state index in [9.17, 15) is 5.11 Å². The van der Waals surface area contributed by atoms with Gasteiger partial charge in [-0.3, -0.25) is 4.98 Å². The Morgan fingerprint density at radius 3 is 2.96 bits per heavy atom. The first-order valence-corrected chi connectivity index (χ1v) is 8.39. The first-order chi connectivity index (χ1) is 11.8. The lowest BCUT2D eigenvalue weighted by atomic mass is 9.96. The highest BCUT2D eigenvalue weighted by atomic mass is 16.3. The van der Waals surface area contributed by atoms with Gasteiger partial charge in [0.15, 0.2) is 5.65 Å². The van der Waals surface area contributed by atoms with Crippen LogP contribution in [0.25, 0.3) is 16.8 Å². The molecule has 1 saturated heterocycles. The maximum absolute atomic E-state index is 9.35. The summed E-state index contributed by atoms with van der Waals surface area (Å²) in [6.07, 6.45) is 5.95. The lowest BCUT2D eigenvalue weighted by molar-refractivity contribution is 0.277. The summed E-state index contributed by atoms with van der Waals surface area (Å²) in [6.45, 7) is 4.01. The SMILES string of the molecule is Cc1nn2c(C3CCCNC3)ccnc2c1-c1ccnc(CO)c1. The first kappa shape index (κ1) is 15.2. The van der Waals surface area contributed by atoms with E-state index < -0.39 is 0 Å². The van der Waals surface area contributed by atoms with E-state index in [0.29, 0.717) is 11.6 Å². The summed E-state index contributed by atoms with van der Waals surface area (Å²) in [5.41, 5.74) is 5.67. The van der Waals surface area contributed by atoms with E-state index in [4.69, 9.17) is 5.10 Å². The van der Waals surface area contributed by atoms with Crippen molar-refractivity contribution < 1.29 is 5.11 Å². The summed E-state index contributed by atoms with van der Waals surface area (Å²) in [5.74, 6) is 0.460. The Morgan fingerprint density at radius 2 is 2.17 bits per heavy atom. The van der Waals surface area contributed by atoms with Crippen LogP contribution in [-0.2, 0) is 6.61 Å². The van der Waals surface area contributed by atoms with Gasteiger partial charge in [0.25, 0.3) is 0 Å². The number of hydrogen-bond donors (Lipinski definition) is 2. The van der Waals surface area contributed by atoms with E-state index in [1.54, 1.807) is 6.20 Å². The monoisotopic (exact) mass is 323 g/mol. The van der Waals surface area contributed by atoms with Gasteiger partial charge in [-0.05, 0) is 50.1 Å². The second kappa shape index (κ2) is 6.30. The number of pyridine rings is 1. The van der Waals surface area contributed by atoms with Crippen LogP contribution in [0, 0.1) is 6.92 Å². The van der Waals surface area contributed by atoms with Crippen LogP contribution in [-0.4, -0.2) is 37.8 Å². The van der Waals surface area contributed by atoms with Gasteiger partial charge in [-0.1, -0.05) is 0 Å². The maximum Gasteiger partial charge on any atom is 0.163 e. The molecular formula is C18H21N5O. The van der Waals surface area contributed by atoms with Crippen molar-refractivity contribution in [2.75, 3.05) is 13.1 Å². The molecule has 6 nitrogen and oxygen atoms in total. The van der Waals surface area contributed by atoms with E-state index in [1.807, 2.05) is 29.8 Å². The van der Waals surface area contributed by atoms with E-state index in [2.05, 4.69) is 21.4 Å². The van der Waals surface area contributed by atoms with Crippen molar-refractivity contribution in [3.8, 4) is 11.1 Å². The molecule has 1 aliphatic heterocycles. The van der Waals surface area contributed by atoms with Crippen molar-refractivity contribution in [1.29, 1.82) is 0 Å². The number of rotatable bonds is 3. The second-order valence-corrected chi connectivity index (χ2v) is 6.30. The van der Waals surface area contributed by atoms with Crippen molar-refractivity contribution in [1.82, 2.24) is 24.9 Å². The molecule has 2 N–H and O–H groups in total. The number of aliphatic hydroxyl groups is 1. The van der Waals surface area contributed by atoms with Crippen LogP contribution in [0.3, 0.4) is 0 Å². The molecule has 3 aromatic heterocycles. The molecule has 4 heterocycles. The number of aliphatic hydroxyl groups excluding tert-OH is 1. The molecule has 0 spiro atoms. The van der Waals surface area contributed by atoms with Crippen LogP contribution in [0.5, 0.6) is 0 Å². The minimum absolute atomic E-state index is 0.0709. The molecule has 0 aliphatic carbocycles. The van der Waals surface area contributed by atoms with Crippen molar-refractivity contribution >= 4 is 5.65 Å². The minimum atomic E-state index is -0.0709. The number of piperidine rings is 1. The highest BCUT2D eigenvalue weighted by Crippen LogP contribution is 2.30. The molecule has 0 saturated carbocycles. The van der Waals surface area contributed by atoms with Gasteiger partial charge < -0.3 is 10.4 Å². The topological polar surface area (TPSA) is 75.3 Å². The summed E-state index contributed by atoms with van der Waals surface area (Å²) in [7, 11) is 0. The number of fused-ring (bicyclic) bond motifs is 1. The largest absolute Gasteiger partial charge is 0.390 e. The van der Waals surface area contributed by atoms with Crippen molar-refractivity contribution in [3.05, 3.63) is 47.7 Å². The molecule has 0 amide bonds. The fourth-order valence-corrected chi connectivity index (χ4v) is 3.54. The quantitative estimate of drug-likeness (QED) is 0.772. The molecule has 6 heteroatoms. The third kappa shape index (κ3) is 2.57. The Labute approximate surface area is 140 Å². The Balaban J connectivity index is 1.86. The normalized spacial score (nSPS) is 18.2. The summed E-state index contributed by atoms with van der Waals surface area (Å²) >= 11 is 0. The number of nitrogens with zero attached hydrogens (tertiary/aromatic N) is 4. The number of aryl methyl sites for hydroxylation is 1. The van der Waals surface area contributed by atoms with Gasteiger partial charge in [0, 0.05) is 30.4 Å². The molecule has 124 valence electrons. The fraction of sp³-hybridized carbons (Fsp3) is 0.389. The van der Waals surface area contributed by atoms with Gasteiger partial charge in [-0.2, -0.15) is 5.10 Å². The van der Waals surface area contributed by atoms with Crippen LogP contribution >= 0.6 is 0 Å². The van der Waals surface area contributed by atoms with Gasteiger partial charge in [0.05, 0.1) is 23.7 Å². The molecule has 24 heavy (non-hydrogen) atoms. The number of aromatic nitrogens is 4. The van der Waals surface area contributed by atoms with Crippen molar-refractivity contribution in [2.45, 2.75) is 32.3 Å². The van der Waals surface area contributed by atoms with Gasteiger partial charge in [0.1, 0.15) is 0 Å². The predicted molar refractivity (Wildman–Crippen MR) is 91.7 cm³/mol. The van der Waals surface area contributed by atoms with E-state index in [1.165, 1.54) is 18.5 Å². The fourth-order valence-electron chi connectivity index (χ4n) is 3.54. The molecular weight excluding hydrogens is 302 g/mol. The summed E-state index contributed by atoms with van der Waals surface area (Å²) in [6, 6.07) is 5.92. The molecule has 1 fully saturated rings. The molecule has 1 aliphatic rings. The highest BCUT2D eigenvalue weighted by molar-refractivity contribution is 5.79. The van der Waals surface area contributed by atoms with Crippen LogP contribution in [0.4, 0.5) is 0 Å². The Kier molecular flexibility index (Phi) is 4.00. The smallest absolute Gasteiger partial charge is 0.163 e. The highest BCUT2D eigenvalue weighted by Gasteiger charge is 2.21. The molecule has 0 radical (unpaired) electrons. The van der Waals surface area contributed by atoms with Gasteiger partial charge in [-0.15, -0.1) is 0 Å². The third-order valence-electron chi connectivity index (χ3n) is 4.71. The van der Waals surface area contributed by atoms with Crippen LogP contribution < -0.4 is 5.32 Å². The minimum Gasteiger partial charge on any atom is -0.390 e. The van der Waals surface area contributed by atoms with Gasteiger partial charge >= 0.3 is 0 Å². The Hall–Kier alpha value is -2.31. The van der Waals surface area contributed by atoms with Crippen molar-refractivity contribution in [2.24, 2.45) is 0 Å². The Morgan fingerprint density at radius 1 is 1.29 bits per heavy atom. The molecule has 0 aromatic carbocycles. The van der Waals surface area contributed by atoms with Gasteiger partial charge in [0.2, 0.25) is 0 Å². The molecule has 0 bridgehead atoms. The molecule has 3 aromatic rings. The number of nitrogens with one attached hydrogen (secondary N) is 1. The maximum atomic E-state index is 9.35. The molecule has 1 atom stereocenters. The summed E-state index contributed by atoms with van der Waals surface area (Å²) < 4.78 is 1.99. The average molecular weight is 323 g/mol. The zero-order valence-corrected chi connectivity index (χ0v) is 13.7. The second-order valence-electron chi connectivity index (χ2n) is 6.30.